The summed E-state index contributed by atoms with van der Waals surface area (Å²) in [6.07, 6.45) is 3.17. The summed E-state index contributed by atoms with van der Waals surface area (Å²) in [4.78, 5) is 22.9. The lowest BCUT2D eigenvalue weighted by Crippen LogP contribution is -2.52. The van der Waals surface area contributed by atoms with Crippen LogP contribution in [0.15, 0.2) is 0 Å². The molecular weight excluding hydrogens is 210 g/mol. The average Bonchev–Trinajstić information content (AvgIpc) is 2.23. The minimum absolute atomic E-state index is 0.0869. The van der Waals surface area contributed by atoms with Crippen LogP contribution < -0.4 is 5.32 Å². The Labute approximate surface area is 94.2 Å². The molecule has 2 fully saturated rings. The Kier molecular flexibility index (Phi) is 3.43. The van der Waals surface area contributed by atoms with E-state index in [2.05, 4.69) is 5.32 Å². The molecule has 16 heavy (non-hydrogen) atoms. The molecular formula is C11H17NO4. The van der Waals surface area contributed by atoms with Crippen LogP contribution in [-0.2, 0) is 14.3 Å². The molecule has 0 spiro atoms. The van der Waals surface area contributed by atoms with Gasteiger partial charge in [0.05, 0.1) is 31.1 Å². The number of carboxylic acids is 1. The maximum atomic E-state index is 11.9. The zero-order chi connectivity index (χ0) is 11.5. The number of rotatable bonds is 3. The van der Waals surface area contributed by atoms with Gasteiger partial charge in [-0.15, -0.1) is 0 Å². The Balaban J connectivity index is 1.93. The van der Waals surface area contributed by atoms with E-state index in [-0.39, 0.29) is 17.9 Å². The van der Waals surface area contributed by atoms with Gasteiger partial charge in [-0.05, 0) is 12.8 Å². The number of hydrogen-bond donors (Lipinski definition) is 2. The predicted molar refractivity (Wildman–Crippen MR) is 55.8 cm³/mol. The van der Waals surface area contributed by atoms with Crippen molar-refractivity contribution in [3.63, 3.8) is 0 Å². The molecule has 2 rings (SSSR count). The standard InChI is InChI=1S/C11H17NO4/c13-10(12-7-5-16-6-7)8-3-1-2-4-9(8)11(14)15/h7-9H,1-6H2,(H,12,13)(H,14,15). The summed E-state index contributed by atoms with van der Waals surface area (Å²) in [5.74, 6) is -1.81. The first-order valence-corrected chi connectivity index (χ1v) is 5.79. The highest BCUT2D eigenvalue weighted by molar-refractivity contribution is 5.85. The van der Waals surface area contributed by atoms with E-state index in [1.165, 1.54) is 0 Å². The largest absolute Gasteiger partial charge is 0.481 e. The highest BCUT2D eigenvalue weighted by Gasteiger charge is 2.36. The van der Waals surface area contributed by atoms with Gasteiger partial charge in [0.25, 0.3) is 0 Å². The van der Waals surface area contributed by atoms with Gasteiger partial charge in [-0.2, -0.15) is 0 Å². The minimum Gasteiger partial charge on any atom is -0.481 e. The molecule has 90 valence electrons. The quantitative estimate of drug-likeness (QED) is 0.731. The maximum Gasteiger partial charge on any atom is 0.307 e. The van der Waals surface area contributed by atoms with Crippen LogP contribution in [0.1, 0.15) is 25.7 Å². The molecule has 2 atom stereocenters. The monoisotopic (exact) mass is 227 g/mol. The first-order valence-electron chi connectivity index (χ1n) is 5.79. The first-order chi connectivity index (χ1) is 7.68. The van der Waals surface area contributed by atoms with Gasteiger partial charge < -0.3 is 15.2 Å². The van der Waals surface area contributed by atoms with Crippen molar-refractivity contribution >= 4 is 11.9 Å². The van der Waals surface area contributed by atoms with Crippen LogP contribution in [-0.4, -0.2) is 36.2 Å². The van der Waals surface area contributed by atoms with E-state index in [4.69, 9.17) is 9.84 Å². The summed E-state index contributed by atoms with van der Waals surface area (Å²) in [5, 5.41) is 11.9. The third-order valence-corrected chi connectivity index (χ3v) is 3.40. The fourth-order valence-electron chi connectivity index (χ4n) is 2.37. The Bertz CT molecular complexity index is 288. The average molecular weight is 227 g/mol. The molecule has 0 aromatic carbocycles. The Morgan fingerprint density at radius 1 is 1.12 bits per heavy atom. The van der Waals surface area contributed by atoms with E-state index < -0.39 is 11.9 Å². The van der Waals surface area contributed by atoms with Crippen LogP contribution >= 0.6 is 0 Å². The SMILES string of the molecule is O=C(O)C1CCCCC1C(=O)NC1COC1. The number of ether oxygens (including phenoxy) is 1. The summed E-state index contributed by atoms with van der Waals surface area (Å²) in [6, 6.07) is 0.0869. The van der Waals surface area contributed by atoms with Gasteiger partial charge in [0, 0.05) is 0 Å². The molecule has 2 aliphatic rings. The molecule has 1 saturated heterocycles. The van der Waals surface area contributed by atoms with Crippen LogP contribution in [0.25, 0.3) is 0 Å². The lowest BCUT2D eigenvalue weighted by molar-refractivity contribution is -0.149. The maximum absolute atomic E-state index is 11.9. The number of hydrogen-bond acceptors (Lipinski definition) is 3. The molecule has 2 unspecified atom stereocenters. The molecule has 1 aliphatic heterocycles. The van der Waals surface area contributed by atoms with Crippen molar-refractivity contribution in [2.75, 3.05) is 13.2 Å². The number of amides is 1. The summed E-state index contributed by atoms with van der Waals surface area (Å²) in [7, 11) is 0. The number of nitrogens with one attached hydrogen (secondary N) is 1. The Hall–Kier alpha value is -1.10. The summed E-state index contributed by atoms with van der Waals surface area (Å²) >= 11 is 0. The van der Waals surface area contributed by atoms with Crippen LogP contribution in [0.2, 0.25) is 0 Å². The second-order valence-electron chi connectivity index (χ2n) is 4.58. The van der Waals surface area contributed by atoms with Crippen molar-refractivity contribution in [2.24, 2.45) is 11.8 Å². The van der Waals surface area contributed by atoms with Gasteiger partial charge in [-0.3, -0.25) is 9.59 Å². The van der Waals surface area contributed by atoms with E-state index in [0.717, 1.165) is 12.8 Å². The lowest BCUT2D eigenvalue weighted by Gasteiger charge is -2.32. The van der Waals surface area contributed by atoms with Crippen molar-refractivity contribution in [1.82, 2.24) is 5.32 Å². The fourth-order valence-corrected chi connectivity index (χ4v) is 2.37. The predicted octanol–water partition coefficient (Wildman–Crippen LogP) is 0.392. The number of carbonyl (C=O) groups excluding carboxylic acids is 1. The van der Waals surface area contributed by atoms with E-state index in [1.54, 1.807) is 0 Å². The highest BCUT2D eigenvalue weighted by Crippen LogP contribution is 2.30. The summed E-state index contributed by atoms with van der Waals surface area (Å²) in [5.41, 5.74) is 0. The van der Waals surface area contributed by atoms with Crippen LogP contribution in [0.3, 0.4) is 0 Å². The number of carbonyl (C=O) groups is 2. The van der Waals surface area contributed by atoms with E-state index >= 15 is 0 Å². The van der Waals surface area contributed by atoms with Gasteiger partial charge in [0.15, 0.2) is 0 Å². The zero-order valence-electron chi connectivity index (χ0n) is 9.15. The molecule has 2 N–H and O–H groups in total. The summed E-state index contributed by atoms with van der Waals surface area (Å²) < 4.78 is 4.97. The molecule has 5 nitrogen and oxygen atoms in total. The molecule has 0 aromatic heterocycles. The number of carboxylic acid groups (broad SMARTS) is 1. The van der Waals surface area contributed by atoms with E-state index in [9.17, 15) is 9.59 Å². The van der Waals surface area contributed by atoms with Crippen molar-refractivity contribution in [3.05, 3.63) is 0 Å². The Morgan fingerprint density at radius 3 is 2.25 bits per heavy atom. The smallest absolute Gasteiger partial charge is 0.307 e. The normalized spacial score (nSPS) is 30.5. The molecule has 0 radical (unpaired) electrons. The van der Waals surface area contributed by atoms with Gasteiger partial charge in [-0.25, -0.2) is 0 Å². The molecule has 1 saturated carbocycles. The van der Waals surface area contributed by atoms with Gasteiger partial charge in [0.1, 0.15) is 0 Å². The zero-order valence-corrected chi connectivity index (χ0v) is 9.15. The second kappa shape index (κ2) is 4.82. The molecule has 0 bridgehead atoms. The molecule has 1 amide bonds. The van der Waals surface area contributed by atoms with Crippen molar-refractivity contribution in [2.45, 2.75) is 31.7 Å². The molecule has 5 heteroatoms. The van der Waals surface area contributed by atoms with Crippen LogP contribution in [0.5, 0.6) is 0 Å². The third-order valence-electron chi connectivity index (χ3n) is 3.40. The van der Waals surface area contributed by atoms with Gasteiger partial charge >= 0.3 is 5.97 Å². The fraction of sp³-hybridized carbons (Fsp3) is 0.818. The van der Waals surface area contributed by atoms with Crippen molar-refractivity contribution in [3.8, 4) is 0 Å². The van der Waals surface area contributed by atoms with Gasteiger partial charge in [0.2, 0.25) is 5.91 Å². The van der Waals surface area contributed by atoms with Crippen molar-refractivity contribution < 1.29 is 19.4 Å². The van der Waals surface area contributed by atoms with E-state index in [0.29, 0.717) is 26.1 Å². The molecule has 1 aliphatic carbocycles. The summed E-state index contributed by atoms with van der Waals surface area (Å²) in [6.45, 7) is 1.10. The van der Waals surface area contributed by atoms with Crippen LogP contribution in [0, 0.1) is 11.8 Å². The minimum atomic E-state index is -0.843. The van der Waals surface area contributed by atoms with Gasteiger partial charge in [-0.1, -0.05) is 12.8 Å². The molecule has 1 heterocycles. The molecule has 0 aromatic rings. The topological polar surface area (TPSA) is 75.6 Å². The lowest BCUT2D eigenvalue weighted by atomic mass is 9.78. The third kappa shape index (κ3) is 2.35. The van der Waals surface area contributed by atoms with Crippen LogP contribution in [0.4, 0.5) is 0 Å². The Morgan fingerprint density at radius 2 is 1.75 bits per heavy atom. The number of aliphatic carboxylic acids is 1. The second-order valence-corrected chi connectivity index (χ2v) is 4.58. The van der Waals surface area contributed by atoms with Crippen molar-refractivity contribution in [1.29, 1.82) is 0 Å². The first kappa shape index (κ1) is 11.4. The van der Waals surface area contributed by atoms with E-state index in [1.807, 2.05) is 0 Å². The highest BCUT2D eigenvalue weighted by atomic mass is 16.5.